The van der Waals surface area contributed by atoms with E-state index in [4.69, 9.17) is 11.6 Å². The molecule has 0 saturated heterocycles. The molecule has 1 amide bonds. The molecular formula is C21H22ClN3O2. The Morgan fingerprint density at radius 2 is 1.96 bits per heavy atom. The van der Waals surface area contributed by atoms with Gasteiger partial charge in [0.1, 0.15) is 5.75 Å². The molecule has 140 valence electrons. The topological polar surface area (TPSA) is 67.2 Å². The lowest BCUT2D eigenvalue weighted by molar-refractivity contribution is 0.0953. The largest absolute Gasteiger partial charge is 0.508 e. The summed E-state index contributed by atoms with van der Waals surface area (Å²) in [6.45, 7) is 4.55. The van der Waals surface area contributed by atoms with Crippen LogP contribution >= 0.6 is 11.6 Å². The second-order valence-electron chi connectivity index (χ2n) is 6.66. The highest BCUT2D eigenvalue weighted by atomic mass is 35.5. The Hall–Kier alpha value is -2.79. The van der Waals surface area contributed by atoms with Crippen LogP contribution in [0.5, 0.6) is 5.75 Å². The van der Waals surface area contributed by atoms with Crippen LogP contribution in [-0.2, 0) is 6.42 Å². The van der Waals surface area contributed by atoms with Crippen molar-refractivity contribution in [2.45, 2.75) is 26.2 Å². The first kappa shape index (κ1) is 19.0. The molecule has 2 aromatic carbocycles. The zero-order valence-corrected chi connectivity index (χ0v) is 16.1. The quantitative estimate of drug-likeness (QED) is 0.665. The Labute approximate surface area is 163 Å². The second-order valence-corrected chi connectivity index (χ2v) is 7.10. The zero-order valence-electron chi connectivity index (χ0n) is 15.3. The first-order valence-corrected chi connectivity index (χ1v) is 9.23. The van der Waals surface area contributed by atoms with Crippen molar-refractivity contribution in [1.82, 2.24) is 15.1 Å². The molecule has 3 aromatic rings. The van der Waals surface area contributed by atoms with Gasteiger partial charge in [0.25, 0.3) is 5.91 Å². The fraction of sp³-hybridized carbons (Fsp3) is 0.238. The van der Waals surface area contributed by atoms with Crippen molar-refractivity contribution in [1.29, 1.82) is 0 Å². The lowest BCUT2D eigenvalue weighted by atomic mass is 10.0. The van der Waals surface area contributed by atoms with Crippen molar-refractivity contribution < 1.29 is 9.90 Å². The molecule has 0 radical (unpaired) electrons. The number of carbonyl (C=O) groups is 1. The van der Waals surface area contributed by atoms with Crippen molar-refractivity contribution in [2.75, 3.05) is 6.54 Å². The van der Waals surface area contributed by atoms with E-state index in [1.807, 2.05) is 32.0 Å². The van der Waals surface area contributed by atoms with Crippen molar-refractivity contribution in [3.8, 4) is 11.4 Å². The van der Waals surface area contributed by atoms with Gasteiger partial charge in [0.05, 0.1) is 23.1 Å². The summed E-state index contributed by atoms with van der Waals surface area (Å²) in [4.78, 5) is 12.7. The van der Waals surface area contributed by atoms with Gasteiger partial charge in [-0.15, -0.1) is 0 Å². The number of nitrogens with zero attached hydrogens (tertiary/aromatic N) is 2. The summed E-state index contributed by atoms with van der Waals surface area (Å²) >= 11 is 5.97. The van der Waals surface area contributed by atoms with Crippen molar-refractivity contribution in [2.24, 2.45) is 0 Å². The van der Waals surface area contributed by atoms with Gasteiger partial charge < -0.3 is 10.4 Å². The number of benzene rings is 2. The molecule has 0 atom stereocenters. The fourth-order valence-electron chi connectivity index (χ4n) is 3.00. The van der Waals surface area contributed by atoms with Gasteiger partial charge in [0.15, 0.2) is 0 Å². The third kappa shape index (κ3) is 4.49. The minimum atomic E-state index is -0.154. The van der Waals surface area contributed by atoms with E-state index >= 15 is 0 Å². The van der Waals surface area contributed by atoms with Crippen LogP contribution < -0.4 is 5.32 Å². The lowest BCUT2D eigenvalue weighted by Gasteiger charge is -2.13. The van der Waals surface area contributed by atoms with E-state index in [0.29, 0.717) is 23.6 Å². The summed E-state index contributed by atoms with van der Waals surface area (Å²) in [5.74, 6) is 0.194. The van der Waals surface area contributed by atoms with Crippen molar-refractivity contribution in [3.05, 3.63) is 76.6 Å². The highest BCUT2D eigenvalue weighted by molar-refractivity contribution is 6.30. The van der Waals surface area contributed by atoms with Crippen molar-refractivity contribution in [3.63, 3.8) is 0 Å². The molecule has 0 unspecified atom stereocenters. The van der Waals surface area contributed by atoms with Gasteiger partial charge in [-0.1, -0.05) is 37.6 Å². The molecule has 1 heterocycles. The number of carbonyl (C=O) groups excluding carboxylic acids is 1. The Morgan fingerprint density at radius 1 is 1.22 bits per heavy atom. The van der Waals surface area contributed by atoms with E-state index in [9.17, 15) is 9.90 Å². The van der Waals surface area contributed by atoms with Crippen LogP contribution in [0.4, 0.5) is 0 Å². The van der Waals surface area contributed by atoms with Crippen LogP contribution in [0.2, 0.25) is 5.02 Å². The SMILES string of the molecule is CC(C)c1c(C(=O)NCCc2cccc(O)c2)cnn1-c1ccc(Cl)cc1. The van der Waals surface area contributed by atoms with Gasteiger partial charge in [-0.05, 0) is 54.3 Å². The number of hydrogen-bond acceptors (Lipinski definition) is 3. The highest BCUT2D eigenvalue weighted by Crippen LogP contribution is 2.24. The molecule has 5 nitrogen and oxygen atoms in total. The van der Waals surface area contributed by atoms with Gasteiger partial charge in [0.2, 0.25) is 0 Å². The number of rotatable bonds is 6. The number of halogens is 1. The summed E-state index contributed by atoms with van der Waals surface area (Å²) in [7, 11) is 0. The minimum absolute atomic E-state index is 0.120. The monoisotopic (exact) mass is 383 g/mol. The normalized spacial score (nSPS) is 11.0. The molecule has 1 aromatic heterocycles. The predicted molar refractivity (Wildman–Crippen MR) is 107 cm³/mol. The third-order valence-electron chi connectivity index (χ3n) is 4.28. The Morgan fingerprint density at radius 3 is 2.63 bits per heavy atom. The Bertz CT molecular complexity index is 933. The maximum absolute atomic E-state index is 12.7. The van der Waals surface area contributed by atoms with Gasteiger partial charge >= 0.3 is 0 Å². The third-order valence-corrected chi connectivity index (χ3v) is 4.53. The lowest BCUT2D eigenvalue weighted by Crippen LogP contribution is -2.26. The number of phenols is 1. The summed E-state index contributed by atoms with van der Waals surface area (Å²) in [6, 6.07) is 14.4. The van der Waals surface area contributed by atoms with Crippen LogP contribution in [0.1, 0.15) is 41.4 Å². The first-order chi connectivity index (χ1) is 13.0. The first-order valence-electron chi connectivity index (χ1n) is 8.85. The molecule has 27 heavy (non-hydrogen) atoms. The maximum Gasteiger partial charge on any atom is 0.254 e. The molecular weight excluding hydrogens is 362 g/mol. The molecule has 6 heteroatoms. The average molecular weight is 384 g/mol. The molecule has 0 aliphatic heterocycles. The van der Waals surface area contributed by atoms with Gasteiger partial charge in [0, 0.05) is 11.6 Å². The fourth-order valence-corrected chi connectivity index (χ4v) is 3.13. The minimum Gasteiger partial charge on any atom is -0.508 e. The van der Waals surface area contributed by atoms with E-state index in [2.05, 4.69) is 10.4 Å². The highest BCUT2D eigenvalue weighted by Gasteiger charge is 2.20. The second kappa shape index (κ2) is 8.27. The summed E-state index contributed by atoms with van der Waals surface area (Å²) in [6.07, 6.45) is 2.25. The van der Waals surface area contributed by atoms with E-state index in [-0.39, 0.29) is 17.6 Å². The Kier molecular flexibility index (Phi) is 5.81. The Balaban J connectivity index is 1.75. The maximum atomic E-state index is 12.7. The molecule has 2 N–H and O–H groups in total. The number of aromatic hydroxyl groups is 1. The zero-order chi connectivity index (χ0) is 19.4. The van der Waals surface area contributed by atoms with Gasteiger partial charge in [-0.25, -0.2) is 4.68 Å². The van der Waals surface area contributed by atoms with Crippen LogP contribution in [0, 0.1) is 0 Å². The number of amides is 1. The van der Waals surface area contributed by atoms with Gasteiger partial charge in [-0.2, -0.15) is 5.10 Å². The average Bonchev–Trinajstić information content (AvgIpc) is 3.08. The molecule has 0 bridgehead atoms. The van der Waals surface area contributed by atoms with Crippen LogP contribution in [-0.4, -0.2) is 27.3 Å². The number of nitrogens with one attached hydrogen (secondary N) is 1. The molecule has 0 aliphatic carbocycles. The molecule has 0 aliphatic rings. The van der Waals surface area contributed by atoms with Crippen LogP contribution in [0.3, 0.4) is 0 Å². The van der Waals surface area contributed by atoms with Crippen LogP contribution in [0.25, 0.3) is 5.69 Å². The van der Waals surface area contributed by atoms with Crippen LogP contribution in [0.15, 0.2) is 54.7 Å². The molecule has 0 spiro atoms. The van der Waals surface area contributed by atoms with Gasteiger partial charge in [-0.3, -0.25) is 4.79 Å². The van der Waals surface area contributed by atoms with Crippen molar-refractivity contribution >= 4 is 17.5 Å². The number of phenolic OH excluding ortho intramolecular Hbond substituents is 1. The van der Waals surface area contributed by atoms with E-state index in [1.165, 1.54) is 0 Å². The molecule has 0 saturated carbocycles. The van der Waals surface area contributed by atoms with E-state index < -0.39 is 0 Å². The summed E-state index contributed by atoms with van der Waals surface area (Å²) < 4.78 is 1.78. The number of hydrogen-bond donors (Lipinski definition) is 2. The smallest absolute Gasteiger partial charge is 0.254 e. The van der Waals surface area contributed by atoms with E-state index in [1.54, 1.807) is 41.2 Å². The standard InChI is InChI=1S/C21H22ClN3O2/c1-14(2)20-19(13-24-25(20)17-8-6-16(22)7-9-17)21(27)23-11-10-15-4-3-5-18(26)12-15/h3-9,12-14,26H,10-11H2,1-2H3,(H,23,27). The molecule has 3 rings (SSSR count). The molecule has 0 fully saturated rings. The predicted octanol–water partition coefficient (Wildman–Crippen LogP) is 4.33. The summed E-state index contributed by atoms with van der Waals surface area (Å²) in [5, 5.41) is 17.5. The number of aromatic nitrogens is 2. The van der Waals surface area contributed by atoms with E-state index in [0.717, 1.165) is 16.9 Å². The summed E-state index contributed by atoms with van der Waals surface area (Å²) in [5.41, 5.74) is 3.25.